The Balaban J connectivity index is 1.89. The van der Waals surface area contributed by atoms with Gasteiger partial charge < -0.3 is 9.47 Å². The zero-order valence-electron chi connectivity index (χ0n) is 15.7. The van der Waals surface area contributed by atoms with E-state index in [0.29, 0.717) is 12.4 Å². The Morgan fingerprint density at radius 2 is 1.78 bits per heavy atom. The molecule has 0 N–H and O–H groups in total. The zero-order valence-corrected chi connectivity index (χ0v) is 16.5. The van der Waals surface area contributed by atoms with Crippen LogP contribution in [0.4, 0.5) is 4.39 Å². The summed E-state index contributed by atoms with van der Waals surface area (Å²) in [4.78, 5) is 0.207. The third-order valence-electron chi connectivity index (χ3n) is 4.61. The number of hydrogen-bond donors (Lipinski definition) is 0. The van der Waals surface area contributed by atoms with Crippen molar-refractivity contribution >= 4 is 10.0 Å². The number of hydrogen-bond acceptors (Lipinski definition) is 4. The molecule has 146 valence electrons. The lowest BCUT2D eigenvalue weighted by molar-refractivity contribution is -0.0655. The van der Waals surface area contributed by atoms with Crippen LogP contribution in [0.1, 0.15) is 32.4 Å². The van der Waals surface area contributed by atoms with Gasteiger partial charge in [0.05, 0.1) is 29.8 Å². The second kappa shape index (κ2) is 7.58. The molecule has 5 nitrogen and oxygen atoms in total. The first-order valence-electron chi connectivity index (χ1n) is 8.87. The van der Waals surface area contributed by atoms with E-state index in [-0.39, 0.29) is 23.9 Å². The van der Waals surface area contributed by atoms with Crippen molar-refractivity contribution in [3.05, 3.63) is 59.9 Å². The molecule has 3 rings (SSSR count). The molecule has 1 unspecified atom stereocenters. The highest BCUT2D eigenvalue weighted by atomic mass is 32.2. The van der Waals surface area contributed by atoms with Crippen molar-refractivity contribution in [2.75, 3.05) is 19.8 Å². The van der Waals surface area contributed by atoms with Gasteiger partial charge in [0.15, 0.2) is 0 Å². The topological polar surface area (TPSA) is 55.8 Å². The van der Waals surface area contributed by atoms with Gasteiger partial charge in [-0.2, -0.15) is 4.31 Å². The molecule has 0 aliphatic carbocycles. The average Bonchev–Trinajstić information content (AvgIpc) is 2.63. The molecule has 0 aromatic heterocycles. The van der Waals surface area contributed by atoms with Gasteiger partial charge >= 0.3 is 0 Å². The van der Waals surface area contributed by atoms with Crippen molar-refractivity contribution in [1.29, 1.82) is 0 Å². The van der Waals surface area contributed by atoms with Gasteiger partial charge in [0.25, 0.3) is 0 Å². The van der Waals surface area contributed by atoms with Gasteiger partial charge in [-0.3, -0.25) is 0 Å². The molecule has 0 bridgehead atoms. The van der Waals surface area contributed by atoms with Crippen LogP contribution in [0.15, 0.2) is 53.4 Å². The summed E-state index contributed by atoms with van der Waals surface area (Å²) in [5.41, 5.74) is 0.0484. The Labute approximate surface area is 159 Å². The summed E-state index contributed by atoms with van der Waals surface area (Å²) < 4.78 is 52.5. The van der Waals surface area contributed by atoms with Crippen LogP contribution in [0.5, 0.6) is 5.75 Å². The first-order chi connectivity index (χ1) is 12.7. The highest BCUT2D eigenvalue weighted by Gasteiger charge is 2.43. The van der Waals surface area contributed by atoms with E-state index in [9.17, 15) is 12.8 Å². The third kappa shape index (κ3) is 4.15. The van der Waals surface area contributed by atoms with Gasteiger partial charge in [-0.05, 0) is 62.7 Å². The van der Waals surface area contributed by atoms with Crippen molar-refractivity contribution in [2.45, 2.75) is 37.3 Å². The van der Waals surface area contributed by atoms with Gasteiger partial charge in [-0.1, -0.05) is 12.1 Å². The van der Waals surface area contributed by atoms with Crippen LogP contribution in [0.25, 0.3) is 0 Å². The van der Waals surface area contributed by atoms with Gasteiger partial charge in [0, 0.05) is 6.54 Å². The van der Waals surface area contributed by atoms with Crippen molar-refractivity contribution in [1.82, 2.24) is 4.31 Å². The van der Waals surface area contributed by atoms with Gasteiger partial charge in [-0.15, -0.1) is 0 Å². The summed E-state index contributed by atoms with van der Waals surface area (Å²) in [5.74, 6) is 0.288. The normalized spacial score (nSPS) is 20.4. The molecular weight excluding hydrogens is 369 g/mol. The first-order valence-corrected chi connectivity index (χ1v) is 10.3. The van der Waals surface area contributed by atoms with Crippen molar-refractivity contribution in [3.63, 3.8) is 0 Å². The fourth-order valence-electron chi connectivity index (χ4n) is 3.13. The number of sulfonamides is 1. The predicted molar refractivity (Wildman–Crippen MR) is 101 cm³/mol. The molecule has 0 saturated carbocycles. The molecule has 0 spiro atoms. The lowest BCUT2D eigenvalue weighted by Crippen LogP contribution is -2.56. The molecule has 2 aromatic carbocycles. The van der Waals surface area contributed by atoms with Crippen molar-refractivity contribution in [3.8, 4) is 5.75 Å². The average molecular weight is 393 g/mol. The monoisotopic (exact) mass is 393 g/mol. The number of morpholine rings is 1. The summed E-state index contributed by atoms with van der Waals surface area (Å²) in [7, 11) is -3.73. The number of benzene rings is 2. The molecule has 1 heterocycles. The Kier molecular flexibility index (Phi) is 5.55. The summed E-state index contributed by atoms with van der Waals surface area (Å²) in [6, 6.07) is 12.4. The second-order valence-electron chi connectivity index (χ2n) is 7.10. The van der Waals surface area contributed by atoms with E-state index in [1.807, 2.05) is 20.8 Å². The van der Waals surface area contributed by atoms with E-state index in [1.54, 1.807) is 36.4 Å². The SMILES string of the molecule is CCOc1ccc(S(=O)(=O)N2CC(c3ccc(F)cc3)OCC2(C)C)cc1. The minimum atomic E-state index is -3.73. The summed E-state index contributed by atoms with van der Waals surface area (Å²) >= 11 is 0. The Morgan fingerprint density at radius 3 is 2.37 bits per heavy atom. The maximum Gasteiger partial charge on any atom is 0.243 e. The molecule has 1 aliphatic rings. The second-order valence-corrected chi connectivity index (χ2v) is 8.97. The minimum absolute atomic E-state index is 0.161. The fourth-order valence-corrected chi connectivity index (χ4v) is 4.90. The van der Waals surface area contributed by atoms with Gasteiger partial charge in [-0.25, -0.2) is 12.8 Å². The molecule has 27 heavy (non-hydrogen) atoms. The molecule has 1 fully saturated rings. The minimum Gasteiger partial charge on any atom is -0.494 e. The maximum atomic E-state index is 13.3. The third-order valence-corrected chi connectivity index (χ3v) is 6.70. The van der Waals surface area contributed by atoms with E-state index in [1.165, 1.54) is 16.4 Å². The van der Waals surface area contributed by atoms with E-state index >= 15 is 0 Å². The van der Waals surface area contributed by atoms with E-state index in [2.05, 4.69) is 0 Å². The summed E-state index contributed by atoms with van der Waals surface area (Å²) in [6.07, 6.45) is -0.448. The Hall–Kier alpha value is -1.96. The van der Waals surface area contributed by atoms with Crippen LogP contribution in [0.2, 0.25) is 0 Å². The van der Waals surface area contributed by atoms with Crippen LogP contribution in [0.3, 0.4) is 0 Å². The van der Waals surface area contributed by atoms with E-state index in [0.717, 1.165) is 5.56 Å². The number of rotatable bonds is 5. The molecule has 0 amide bonds. The summed E-state index contributed by atoms with van der Waals surface area (Å²) in [6.45, 7) is 6.46. The fraction of sp³-hybridized carbons (Fsp3) is 0.400. The standard InChI is InChI=1S/C20H24FNO4S/c1-4-25-17-9-11-18(12-10-17)27(23,24)22-13-19(26-14-20(22,2)3)15-5-7-16(21)8-6-15/h5-12,19H,4,13-14H2,1-3H3. The lowest BCUT2D eigenvalue weighted by Gasteiger charge is -2.44. The highest BCUT2D eigenvalue weighted by molar-refractivity contribution is 7.89. The first kappa shape index (κ1) is 19.8. The van der Waals surface area contributed by atoms with E-state index in [4.69, 9.17) is 9.47 Å². The molecule has 1 atom stereocenters. The van der Waals surface area contributed by atoms with Crippen LogP contribution in [0, 0.1) is 5.82 Å². The molecule has 1 saturated heterocycles. The molecule has 0 radical (unpaired) electrons. The van der Waals surface area contributed by atoms with Crippen LogP contribution < -0.4 is 4.74 Å². The number of ether oxygens (including phenoxy) is 2. The quantitative estimate of drug-likeness (QED) is 0.776. The molecule has 7 heteroatoms. The van der Waals surface area contributed by atoms with E-state index < -0.39 is 21.7 Å². The number of halogens is 1. The van der Waals surface area contributed by atoms with Crippen LogP contribution in [-0.4, -0.2) is 38.0 Å². The Morgan fingerprint density at radius 1 is 1.15 bits per heavy atom. The highest BCUT2D eigenvalue weighted by Crippen LogP contribution is 2.35. The van der Waals surface area contributed by atoms with Crippen LogP contribution in [-0.2, 0) is 14.8 Å². The molecule has 1 aliphatic heterocycles. The largest absolute Gasteiger partial charge is 0.494 e. The molecular formula is C20H24FNO4S. The van der Waals surface area contributed by atoms with Gasteiger partial charge in [0.2, 0.25) is 10.0 Å². The van der Waals surface area contributed by atoms with Crippen LogP contribution >= 0.6 is 0 Å². The number of nitrogens with zero attached hydrogens (tertiary/aromatic N) is 1. The molecule has 2 aromatic rings. The van der Waals surface area contributed by atoms with Gasteiger partial charge in [0.1, 0.15) is 11.6 Å². The maximum absolute atomic E-state index is 13.3. The van der Waals surface area contributed by atoms with Crippen molar-refractivity contribution < 1.29 is 22.3 Å². The smallest absolute Gasteiger partial charge is 0.243 e. The Bertz CT molecular complexity index is 879. The summed E-state index contributed by atoms with van der Waals surface area (Å²) in [5, 5.41) is 0. The zero-order chi connectivity index (χ0) is 19.7. The predicted octanol–water partition coefficient (Wildman–Crippen LogP) is 3.77. The lowest BCUT2D eigenvalue weighted by atomic mass is 10.0. The van der Waals surface area contributed by atoms with Crippen molar-refractivity contribution in [2.24, 2.45) is 0 Å².